The van der Waals surface area contributed by atoms with Gasteiger partial charge in [0.25, 0.3) is 5.89 Å². The largest absolute Gasteiger partial charge is 0.481 e. The minimum atomic E-state index is -0.363. The highest BCUT2D eigenvalue weighted by atomic mass is 35.5. The molecule has 3 rings (SSSR count). The first-order valence-corrected chi connectivity index (χ1v) is 7.18. The number of aromatic nitrogens is 3. The number of hydrogen-bond donors (Lipinski definition) is 0. The van der Waals surface area contributed by atoms with E-state index in [0.717, 1.165) is 11.1 Å². The zero-order valence-corrected chi connectivity index (χ0v) is 12.9. The summed E-state index contributed by atoms with van der Waals surface area (Å²) in [4.78, 5) is 8.38. The third-order valence-corrected chi connectivity index (χ3v) is 3.58. The normalized spacial score (nSPS) is 12.1. The Bertz CT molecular complexity index is 774. The van der Waals surface area contributed by atoms with Crippen molar-refractivity contribution in [3.8, 4) is 17.1 Å². The molecule has 1 aromatic carbocycles. The van der Waals surface area contributed by atoms with Crippen LogP contribution in [0.2, 0.25) is 5.02 Å². The summed E-state index contributed by atoms with van der Waals surface area (Å²) in [6, 6.07) is 9.17. The van der Waals surface area contributed by atoms with Crippen LogP contribution in [0, 0.1) is 6.92 Å². The molecule has 0 saturated heterocycles. The number of pyridine rings is 1. The van der Waals surface area contributed by atoms with Crippen molar-refractivity contribution in [1.29, 1.82) is 0 Å². The predicted molar refractivity (Wildman–Crippen MR) is 82.8 cm³/mol. The van der Waals surface area contributed by atoms with Crippen molar-refractivity contribution in [2.75, 3.05) is 0 Å². The van der Waals surface area contributed by atoms with Crippen LogP contribution in [0.5, 0.6) is 5.75 Å². The lowest BCUT2D eigenvalue weighted by atomic mass is 10.2. The van der Waals surface area contributed by atoms with E-state index in [1.807, 2.05) is 38.1 Å². The fourth-order valence-electron chi connectivity index (χ4n) is 1.96. The fourth-order valence-corrected chi connectivity index (χ4v) is 2.08. The second kappa shape index (κ2) is 6.15. The molecule has 22 heavy (non-hydrogen) atoms. The minimum absolute atomic E-state index is 0.363. The number of halogens is 1. The van der Waals surface area contributed by atoms with Gasteiger partial charge in [0, 0.05) is 23.0 Å². The molecule has 0 radical (unpaired) electrons. The molecule has 0 fully saturated rings. The van der Waals surface area contributed by atoms with E-state index in [1.165, 1.54) is 0 Å². The zero-order valence-electron chi connectivity index (χ0n) is 12.2. The number of aryl methyl sites for hydroxylation is 1. The maximum absolute atomic E-state index is 6.00. The molecule has 0 aliphatic heterocycles. The maximum atomic E-state index is 6.00. The van der Waals surface area contributed by atoms with Crippen LogP contribution in [0.4, 0.5) is 0 Å². The molecular weight excluding hydrogens is 302 g/mol. The van der Waals surface area contributed by atoms with Crippen LogP contribution in [0.3, 0.4) is 0 Å². The molecule has 0 N–H and O–H groups in total. The number of hydrogen-bond acceptors (Lipinski definition) is 5. The van der Waals surface area contributed by atoms with Crippen LogP contribution in [-0.4, -0.2) is 15.1 Å². The summed E-state index contributed by atoms with van der Waals surface area (Å²) in [5.41, 5.74) is 1.75. The average molecular weight is 316 g/mol. The Balaban J connectivity index is 1.77. The van der Waals surface area contributed by atoms with Gasteiger partial charge in [-0.1, -0.05) is 16.8 Å². The smallest absolute Gasteiger partial charge is 0.267 e. The van der Waals surface area contributed by atoms with Crippen molar-refractivity contribution >= 4 is 11.6 Å². The summed E-state index contributed by atoms with van der Waals surface area (Å²) in [5.74, 6) is 1.60. The number of nitrogens with zero attached hydrogens (tertiary/aromatic N) is 3. The Kier molecular flexibility index (Phi) is 4.06. The summed E-state index contributed by atoms with van der Waals surface area (Å²) in [6.07, 6.45) is 3.01. The first kappa shape index (κ1) is 14.5. The van der Waals surface area contributed by atoms with Crippen molar-refractivity contribution in [2.24, 2.45) is 0 Å². The van der Waals surface area contributed by atoms with Crippen molar-refractivity contribution in [3.05, 3.63) is 59.2 Å². The van der Waals surface area contributed by atoms with Gasteiger partial charge in [-0.25, -0.2) is 0 Å². The first-order chi connectivity index (χ1) is 10.6. The molecule has 0 amide bonds. The predicted octanol–water partition coefficient (Wildman–Crippen LogP) is 4.23. The molecule has 0 spiro atoms. The summed E-state index contributed by atoms with van der Waals surface area (Å²) in [6.45, 7) is 3.78. The summed E-state index contributed by atoms with van der Waals surface area (Å²) >= 11 is 6.00. The van der Waals surface area contributed by atoms with Gasteiger partial charge < -0.3 is 9.26 Å². The molecule has 2 aromatic heterocycles. The lowest BCUT2D eigenvalue weighted by Crippen LogP contribution is -2.03. The lowest BCUT2D eigenvalue weighted by Gasteiger charge is -2.11. The standard InChI is InChI=1S/C16H14ClN3O2/c1-10-8-13(5-6-14(10)17)21-11(2)16-19-15(20-22-16)12-4-3-7-18-9-12/h3-9,11H,1-2H3/t11-/m1/s1. The SMILES string of the molecule is Cc1cc(O[C@H](C)c2nc(-c3cccnc3)no2)ccc1Cl. The van der Waals surface area contributed by atoms with E-state index in [9.17, 15) is 0 Å². The Morgan fingerprint density at radius 1 is 1.27 bits per heavy atom. The van der Waals surface area contributed by atoms with E-state index in [1.54, 1.807) is 18.5 Å². The van der Waals surface area contributed by atoms with Crippen LogP contribution in [0.15, 0.2) is 47.2 Å². The molecule has 0 unspecified atom stereocenters. The van der Waals surface area contributed by atoms with E-state index >= 15 is 0 Å². The van der Waals surface area contributed by atoms with Crippen LogP contribution in [0.25, 0.3) is 11.4 Å². The van der Waals surface area contributed by atoms with Gasteiger partial charge in [0.05, 0.1) is 0 Å². The fraction of sp³-hybridized carbons (Fsp3) is 0.188. The third-order valence-electron chi connectivity index (χ3n) is 3.15. The van der Waals surface area contributed by atoms with Crippen molar-refractivity contribution in [1.82, 2.24) is 15.1 Å². The van der Waals surface area contributed by atoms with Crippen molar-refractivity contribution in [2.45, 2.75) is 20.0 Å². The summed E-state index contributed by atoms with van der Waals surface area (Å²) in [5, 5.41) is 4.66. The molecule has 0 saturated carbocycles. The topological polar surface area (TPSA) is 61.0 Å². The third kappa shape index (κ3) is 3.09. The van der Waals surface area contributed by atoms with Gasteiger partial charge in [0.15, 0.2) is 6.10 Å². The molecule has 0 aliphatic carbocycles. The second-order valence-corrected chi connectivity index (χ2v) is 5.28. The minimum Gasteiger partial charge on any atom is -0.481 e. The quantitative estimate of drug-likeness (QED) is 0.721. The van der Waals surface area contributed by atoms with Gasteiger partial charge in [0.2, 0.25) is 5.82 Å². The van der Waals surface area contributed by atoms with E-state index in [2.05, 4.69) is 15.1 Å². The molecule has 1 atom stereocenters. The average Bonchev–Trinajstić information content (AvgIpc) is 3.02. The van der Waals surface area contributed by atoms with E-state index < -0.39 is 0 Å². The number of ether oxygens (including phenoxy) is 1. The highest BCUT2D eigenvalue weighted by Gasteiger charge is 2.17. The first-order valence-electron chi connectivity index (χ1n) is 6.80. The van der Waals surface area contributed by atoms with Gasteiger partial charge in [-0.3, -0.25) is 4.98 Å². The second-order valence-electron chi connectivity index (χ2n) is 4.87. The number of rotatable bonds is 4. The van der Waals surface area contributed by atoms with Gasteiger partial charge in [0.1, 0.15) is 5.75 Å². The molecule has 6 heteroatoms. The molecule has 2 heterocycles. The molecule has 0 aliphatic rings. The van der Waals surface area contributed by atoms with Crippen molar-refractivity contribution < 1.29 is 9.26 Å². The Morgan fingerprint density at radius 2 is 2.14 bits per heavy atom. The van der Waals surface area contributed by atoms with Crippen LogP contribution in [0.1, 0.15) is 24.5 Å². The lowest BCUT2D eigenvalue weighted by molar-refractivity contribution is 0.175. The summed E-state index contributed by atoms with van der Waals surface area (Å²) in [7, 11) is 0. The highest BCUT2D eigenvalue weighted by molar-refractivity contribution is 6.31. The van der Waals surface area contributed by atoms with E-state index in [-0.39, 0.29) is 6.10 Å². The molecule has 112 valence electrons. The van der Waals surface area contributed by atoms with Crippen LogP contribution >= 0.6 is 11.6 Å². The number of benzene rings is 1. The Labute approximate surface area is 132 Å². The highest BCUT2D eigenvalue weighted by Crippen LogP contribution is 2.26. The van der Waals surface area contributed by atoms with Gasteiger partial charge >= 0.3 is 0 Å². The van der Waals surface area contributed by atoms with Crippen molar-refractivity contribution in [3.63, 3.8) is 0 Å². The van der Waals surface area contributed by atoms with E-state index in [4.69, 9.17) is 20.9 Å². The van der Waals surface area contributed by atoms with Gasteiger partial charge in [-0.2, -0.15) is 4.98 Å². The molecule has 5 nitrogen and oxygen atoms in total. The van der Waals surface area contributed by atoms with Crippen LogP contribution < -0.4 is 4.74 Å². The van der Waals surface area contributed by atoms with Gasteiger partial charge in [-0.05, 0) is 49.7 Å². The maximum Gasteiger partial charge on any atom is 0.267 e. The molecule has 3 aromatic rings. The zero-order chi connectivity index (χ0) is 15.5. The summed E-state index contributed by atoms with van der Waals surface area (Å²) < 4.78 is 11.1. The van der Waals surface area contributed by atoms with Crippen LogP contribution in [-0.2, 0) is 0 Å². The molecular formula is C16H14ClN3O2. The monoisotopic (exact) mass is 315 g/mol. The molecule has 0 bridgehead atoms. The Morgan fingerprint density at radius 3 is 2.86 bits per heavy atom. The van der Waals surface area contributed by atoms with E-state index in [0.29, 0.717) is 22.5 Å². The Hall–Kier alpha value is -2.40. The van der Waals surface area contributed by atoms with Gasteiger partial charge in [-0.15, -0.1) is 0 Å².